The smallest absolute Gasteiger partial charge is 0.0156 e. The Morgan fingerprint density at radius 1 is 1.55 bits per heavy atom. The van der Waals surface area contributed by atoms with Crippen molar-refractivity contribution in [1.82, 2.24) is 5.32 Å². The van der Waals surface area contributed by atoms with Gasteiger partial charge in [-0.3, -0.25) is 0 Å². The van der Waals surface area contributed by atoms with Gasteiger partial charge in [0.2, 0.25) is 0 Å². The fraction of sp³-hybridized carbons (Fsp3) is 0.778. The molecule has 1 saturated carbocycles. The molecule has 0 aliphatic heterocycles. The highest BCUT2D eigenvalue weighted by Gasteiger charge is 2.36. The third kappa shape index (κ3) is 2.84. The van der Waals surface area contributed by atoms with E-state index in [1.165, 1.54) is 12.8 Å². The van der Waals surface area contributed by atoms with Crippen LogP contribution in [0.15, 0.2) is 11.6 Å². The molecular weight excluding hydrogens is 158 g/mol. The summed E-state index contributed by atoms with van der Waals surface area (Å²) in [5, 5.41) is 3.45. The molecule has 1 rings (SSSR count). The first-order valence-corrected chi connectivity index (χ1v) is 4.60. The van der Waals surface area contributed by atoms with Crippen LogP contribution in [0, 0.1) is 5.92 Å². The van der Waals surface area contributed by atoms with E-state index in [2.05, 4.69) is 19.2 Å². The van der Waals surface area contributed by atoms with Crippen LogP contribution in [0.3, 0.4) is 0 Å². The zero-order chi connectivity index (χ0) is 8.32. The maximum Gasteiger partial charge on any atom is 0.0156 e. The Morgan fingerprint density at radius 3 is 2.64 bits per heavy atom. The summed E-state index contributed by atoms with van der Waals surface area (Å²) in [5.41, 5.74) is 1.87. The Bertz CT molecular complexity index is 148. The van der Waals surface area contributed by atoms with Crippen molar-refractivity contribution < 1.29 is 0 Å². The van der Waals surface area contributed by atoms with E-state index in [0.717, 1.165) is 12.5 Å². The van der Waals surface area contributed by atoms with Crippen LogP contribution in [-0.2, 0) is 0 Å². The minimum absolute atomic E-state index is 0.302. The van der Waals surface area contributed by atoms with Gasteiger partial charge in [0.05, 0.1) is 0 Å². The van der Waals surface area contributed by atoms with Gasteiger partial charge in [0.25, 0.3) is 0 Å². The van der Waals surface area contributed by atoms with Gasteiger partial charge in [-0.2, -0.15) is 0 Å². The Hall–Kier alpha value is -0.0100. The van der Waals surface area contributed by atoms with Gasteiger partial charge in [0, 0.05) is 17.6 Å². The molecule has 0 aromatic heterocycles. The van der Waals surface area contributed by atoms with E-state index >= 15 is 0 Å². The third-order valence-corrected chi connectivity index (χ3v) is 2.54. The van der Waals surface area contributed by atoms with Crippen LogP contribution in [0.2, 0.25) is 0 Å². The van der Waals surface area contributed by atoms with Gasteiger partial charge in [-0.15, -0.1) is 0 Å². The van der Waals surface area contributed by atoms with E-state index in [4.69, 9.17) is 11.6 Å². The van der Waals surface area contributed by atoms with Gasteiger partial charge in [-0.25, -0.2) is 0 Å². The highest BCUT2D eigenvalue weighted by molar-refractivity contribution is 6.25. The van der Waals surface area contributed by atoms with Gasteiger partial charge in [0.15, 0.2) is 0 Å². The molecule has 1 aliphatic carbocycles. The summed E-state index contributed by atoms with van der Waals surface area (Å²) in [6.07, 6.45) is 4.70. The molecule has 0 amide bonds. The molecule has 0 aromatic carbocycles. The third-order valence-electron chi connectivity index (χ3n) is 2.36. The standard InChI is InChI=1S/C9H16ClN/c1-9(2,8-4-5-8)11-7-3-6-10/h3,6,8,11H,4-5,7H2,1-2H3/b6-3+. The molecule has 2 heteroatoms. The lowest BCUT2D eigenvalue weighted by Crippen LogP contribution is -2.41. The minimum atomic E-state index is 0.302. The first kappa shape index (κ1) is 9.08. The lowest BCUT2D eigenvalue weighted by Gasteiger charge is -2.25. The van der Waals surface area contributed by atoms with E-state index in [0.29, 0.717) is 5.54 Å². The van der Waals surface area contributed by atoms with Crippen molar-refractivity contribution in [3.63, 3.8) is 0 Å². The van der Waals surface area contributed by atoms with Crippen molar-refractivity contribution >= 4 is 11.6 Å². The van der Waals surface area contributed by atoms with Crippen molar-refractivity contribution in [3.8, 4) is 0 Å². The predicted molar refractivity (Wildman–Crippen MR) is 49.8 cm³/mol. The second kappa shape index (κ2) is 3.59. The molecular formula is C9H16ClN. The average molecular weight is 174 g/mol. The van der Waals surface area contributed by atoms with Crippen LogP contribution in [0.4, 0.5) is 0 Å². The Balaban J connectivity index is 2.22. The van der Waals surface area contributed by atoms with E-state index in [1.54, 1.807) is 5.54 Å². The van der Waals surface area contributed by atoms with Gasteiger partial charge in [-0.05, 0) is 32.6 Å². The van der Waals surface area contributed by atoms with Gasteiger partial charge >= 0.3 is 0 Å². The van der Waals surface area contributed by atoms with E-state index < -0.39 is 0 Å². The van der Waals surface area contributed by atoms with Gasteiger partial charge in [0.1, 0.15) is 0 Å². The Kier molecular flexibility index (Phi) is 2.97. The van der Waals surface area contributed by atoms with Crippen LogP contribution >= 0.6 is 11.6 Å². The zero-order valence-electron chi connectivity index (χ0n) is 7.23. The predicted octanol–water partition coefficient (Wildman–Crippen LogP) is 2.52. The van der Waals surface area contributed by atoms with Crippen LogP contribution in [-0.4, -0.2) is 12.1 Å². The second-order valence-corrected chi connectivity index (χ2v) is 3.99. The zero-order valence-corrected chi connectivity index (χ0v) is 7.99. The molecule has 64 valence electrons. The van der Waals surface area contributed by atoms with Gasteiger partial charge < -0.3 is 5.32 Å². The van der Waals surface area contributed by atoms with Gasteiger partial charge in [-0.1, -0.05) is 17.7 Å². The molecule has 0 radical (unpaired) electrons. The molecule has 1 nitrogen and oxygen atoms in total. The lowest BCUT2D eigenvalue weighted by atomic mass is 9.99. The van der Waals surface area contributed by atoms with Crippen molar-refractivity contribution in [1.29, 1.82) is 0 Å². The maximum atomic E-state index is 5.41. The Morgan fingerprint density at radius 2 is 2.18 bits per heavy atom. The van der Waals surface area contributed by atoms with Crippen molar-refractivity contribution in [3.05, 3.63) is 11.6 Å². The summed E-state index contributed by atoms with van der Waals surface area (Å²) in [4.78, 5) is 0. The fourth-order valence-electron chi connectivity index (χ4n) is 1.32. The number of hydrogen-bond acceptors (Lipinski definition) is 1. The summed E-state index contributed by atoms with van der Waals surface area (Å²) in [7, 11) is 0. The van der Waals surface area contributed by atoms with Crippen LogP contribution in [0.1, 0.15) is 26.7 Å². The summed E-state index contributed by atoms with van der Waals surface area (Å²) in [6.45, 7) is 5.40. The molecule has 1 fully saturated rings. The SMILES string of the molecule is CC(C)(NC/C=C/Cl)C1CC1. The quantitative estimate of drug-likeness (QED) is 0.689. The molecule has 11 heavy (non-hydrogen) atoms. The summed E-state index contributed by atoms with van der Waals surface area (Å²) >= 11 is 5.41. The minimum Gasteiger partial charge on any atom is -0.308 e. The molecule has 0 atom stereocenters. The monoisotopic (exact) mass is 173 g/mol. The molecule has 0 spiro atoms. The highest BCUT2D eigenvalue weighted by Crippen LogP contribution is 2.38. The second-order valence-electron chi connectivity index (χ2n) is 3.74. The van der Waals surface area contributed by atoms with Crippen molar-refractivity contribution in [2.45, 2.75) is 32.2 Å². The molecule has 1 N–H and O–H groups in total. The average Bonchev–Trinajstić information content (AvgIpc) is 2.68. The number of rotatable bonds is 4. The van der Waals surface area contributed by atoms with E-state index in [-0.39, 0.29) is 0 Å². The lowest BCUT2D eigenvalue weighted by molar-refractivity contribution is 0.357. The molecule has 0 saturated heterocycles. The first-order chi connectivity index (χ1) is 5.17. The number of nitrogens with one attached hydrogen (secondary N) is 1. The van der Waals surface area contributed by atoms with Crippen LogP contribution in [0.5, 0.6) is 0 Å². The van der Waals surface area contributed by atoms with Crippen molar-refractivity contribution in [2.24, 2.45) is 5.92 Å². The fourth-order valence-corrected chi connectivity index (χ4v) is 1.40. The van der Waals surface area contributed by atoms with Crippen molar-refractivity contribution in [2.75, 3.05) is 6.54 Å². The number of hydrogen-bond donors (Lipinski definition) is 1. The normalized spacial score (nSPS) is 19.5. The first-order valence-electron chi connectivity index (χ1n) is 4.17. The highest BCUT2D eigenvalue weighted by atomic mass is 35.5. The Labute approximate surface area is 73.8 Å². The molecule has 0 unspecified atom stereocenters. The summed E-state index contributed by atoms with van der Waals surface area (Å²) in [6, 6.07) is 0. The summed E-state index contributed by atoms with van der Waals surface area (Å²) in [5.74, 6) is 0.881. The molecule has 1 aliphatic rings. The maximum absolute atomic E-state index is 5.41. The summed E-state index contributed by atoms with van der Waals surface area (Å²) < 4.78 is 0. The van der Waals surface area contributed by atoms with E-state index in [9.17, 15) is 0 Å². The van der Waals surface area contributed by atoms with Crippen LogP contribution < -0.4 is 5.32 Å². The van der Waals surface area contributed by atoms with E-state index in [1.807, 2.05) is 6.08 Å². The largest absolute Gasteiger partial charge is 0.308 e. The molecule has 0 aromatic rings. The molecule has 0 bridgehead atoms. The topological polar surface area (TPSA) is 12.0 Å². The number of halogens is 1. The molecule has 0 heterocycles. The van der Waals surface area contributed by atoms with Crippen LogP contribution in [0.25, 0.3) is 0 Å².